The number of hydrogen-bond acceptors (Lipinski definition) is 4. The predicted octanol–water partition coefficient (Wildman–Crippen LogP) is 3.35. The highest BCUT2D eigenvalue weighted by Gasteiger charge is 2.09. The van der Waals surface area contributed by atoms with Gasteiger partial charge in [0.2, 0.25) is 11.8 Å². The standard InChI is InChI=1S/C11H8BrF2N3O/c1-15-11-16-5-7(12)10(17-11)18-6-2-3-8(13)9(14)4-6/h2-5H,1H3,(H,15,16,17). The van der Waals surface area contributed by atoms with E-state index < -0.39 is 11.6 Å². The highest BCUT2D eigenvalue weighted by atomic mass is 79.9. The number of nitrogens with one attached hydrogen (secondary N) is 1. The number of rotatable bonds is 3. The molecule has 18 heavy (non-hydrogen) atoms. The van der Waals surface area contributed by atoms with E-state index >= 15 is 0 Å². The number of benzene rings is 1. The van der Waals surface area contributed by atoms with E-state index in [1.54, 1.807) is 7.05 Å². The Morgan fingerprint density at radius 1 is 1.28 bits per heavy atom. The molecule has 0 saturated heterocycles. The molecule has 0 unspecified atom stereocenters. The third kappa shape index (κ3) is 2.73. The Bertz CT molecular complexity index is 580. The fourth-order valence-electron chi connectivity index (χ4n) is 1.20. The molecule has 1 aromatic carbocycles. The van der Waals surface area contributed by atoms with Crippen molar-refractivity contribution in [2.75, 3.05) is 12.4 Å². The van der Waals surface area contributed by atoms with Crippen molar-refractivity contribution in [3.8, 4) is 11.6 Å². The predicted molar refractivity (Wildman–Crippen MR) is 65.7 cm³/mol. The van der Waals surface area contributed by atoms with Crippen LogP contribution in [0.5, 0.6) is 11.6 Å². The fourth-order valence-corrected chi connectivity index (χ4v) is 1.47. The number of aromatic nitrogens is 2. The molecule has 0 atom stereocenters. The summed E-state index contributed by atoms with van der Waals surface area (Å²) in [6.07, 6.45) is 1.49. The van der Waals surface area contributed by atoms with Crippen LogP contribution in [0.15, 0.2) is 28.9 Å². The van der Waals surface area contributed by atoms with Gasteiger partial charge in [-0.25, -0.2) is 13.8 Å². The average Bonchev–Trinajstić information content (AvgIpc) is 2.36. The second-order valence-corrected chi connectivity index (χ2v) is 4.13. The first-order valence-electron chi connectivity index (χ1n) is 4.93. The number of ether oxygens (including phenoxy) is 1. The summed E-state index contributed by atoms with van der Waals surface area (Å²) >= 11 is 3.20. The number of halogens is 3. The maximum absolute atomic E-state index is 13.0. The number of nitrogens with zero attached hydrogens (tertiary/aromatic N) is 2. The fraction of sp³-hybridized carbons (Fsp3) is 0.0909. The quantitative estimate of drug-likeness (QED) is 0.943. The number of anilines is 1. The Labute approximate surface area is 110 Å². The van der Waals surface area contributed by atoms with Gasteiger partial charge in [-0.15, -0.1) is 0 Å². The monoisotopic (exact) mass is 315 g/mol. The Hall–Kier alpha value is -1.76. The van der Waals surface area contributed by atoms with Gasteiger partial charge in [-0.2, -0.15) is 4.98 Å². The molecule has 0 aliphatic rings. The minimum Gasteiger partial charge on any atom is -0.438 e. The molecule has 4 nitrogen and oxygen atoms in total. The van der Waals surface area contributed by atoms with E-state index in [0.29, 0.717) is 10.4 Å². The van der Waals surface area contributed by atoms with Gasteiger partial charge in [0.05, 0.1) is 10.7 Å². The zero-order valence-corrected chi connectivity index (χ0v) is 10.8. The highest BCUT2D eigenvalue weighted by Crippen LogP contribution is 2.28. The van der Waals surface area contributed by atoms with Gasteiger partial charge in [0.25, 0.3) is 0 Å². The summed E-state index contributed by atoms with van der Waals surface area (Å²) in [6.45, 7) is 0. The molecule has 1 heterocycles. The van der Waals surface area contributed by atoms with Gasteiger partial charge in [-0.1, -0.05) is 0 Å². The summed E-state index contributed by atoms with van der Waals surface area (Å²) < 4.78 is 31.6. The molecule has 7 heteroatoms. The molecule has 0 saturated carbocycles. The van der Waals surface area contributed by atoms with Crippen molar-refractivity contribution >= 4 is 21.9 Å². The molecule has 1 aromatic heterocycles. The SMILES string of the molecule is CNc1ncc(Br)c(Oc2ccc(F)c(F)c2)n1. The lowest BCUT2D eigenvalue weighted by atomic mass is 10.3. The van der Waals surface area contributed by atoms with E-state index in [1.807, 2.05) is 0 Å². The van der Waals surface area contributed by atoms with E-state index in [-0.39, 0.29) is 11.6 Å². The Morgan fingerprint density at radius 3 is 2.72 bits per heavy atom. The summed E-state index contributed by atoms with van der Waals surface area (Å²) in [5.41, 5.74) is 0. The van der Waals surface area contributed by atoms with Crippen molar-refractivity contribution < 1.29 is 13.5 Å². The average molecular weight is 316 g/mol. The van der Waals surface area contributed by atoms with E-state index in [0.717, 1.165) is 12.1 Å². The maximum atomic E-state index is 13.0. The number of hydrogen-bond donors (Lipinski definition) is 1. The van der Waals surface area contributed by atoms with Crippen LogP contribution in [0.2, 0.25) is 0 Å². The Morgan fingerprint density at radius 2 is 2.06 bits per heavy atom. The normalized spacial score (nSPS) is 10.2. The molecule has 0 aliphatic carbocycles. The first-order chi connectivity index (χ1) is 8.60. The van der Waals surface area contributed by atoms with Crippen molar-refractivity contribution in [3.05, 3.63) is 40.5 Å². The van der Waals surface area contributed by atoms with Crippen LogP contribution in [-0.2, 0) is 0 Å². The van der Waals surface area contributed by atoms with Gasteiger partial charge in [0.1, 0.15) is 5.75 Å². The van der Waals surface area contributed by atoms with Gasteiger partial charge in [0.15, 0.2) is 11.6 Å². The van der Waals surface area contributed by atoms with Crippen LogP contribution in [0.1, 0.15) is 0 Å². The van der Waals surface area contributed by atoms with Crippen molar-refractivity contribution in [1.29, 1.82) is 0 Å². The third-order valence-corrected chi connectivity index (χ3v) is 2.59. The molecule has 2 aromatic rings. The van der Waals surface area contributed by atoms with Crippen LogP contribution in [0.3, 0.4) is 0 Å². The summed E-state index contributed by atoms with van der Waals surface area (Å²) in [5, 5.41) is 2.74. The van der Waals surface area contributed by atoms with E-state index in [4.69, 9.17) is 4.74 Å². The van der Waals surface area contributed by atoms with Gasteiger partial charge in [0, 0.05) is 13.1 Å². The van der Waals surface area contributed by atoms with Gasteiger partial charge < -0.3 is 10.1 Å². The molecule has 0 aliphatic heterocycles. The van der Waals surface area contributed by atoms with Crippen LogP contribution in [0.25, 0.3) is 0 Å². The van der Waals surface area contributed by atoms with Crippen LogP contribution in [0, 0.1) is 11.6 Å². The van der Waals surface area contributed by atoms with Crippen molar-refractivity contribution in [1.82, 2.24) is 9.97 Å². The molecule has 0 bridgehead atoms. The minimum absolute atomic E-state index is 0.148. The summed E-state index contributed by atoms with van der Waals surface area (Å²) in [4.78, 5) is 7.98. The van der Waals surface area contributed by atoms with Gasteiger partial charge >= 0.3 is 0 Å². The lowest BCUT2D eigenvalue weighted by molar-refractivity contribution is 0.444. The smallest absolute Gasteiger partial charge is 0.238 e. The van der Waals surface area contributed by atoms with Crippen LogP contribution in [0.4, 0.5) is 14.7 Å². The third-order valence-electron chi connectivity index (χ3n) is 2.04. The molecule has 0 amide bonds. The molecule has 1 N–H and O–H groups in total. The van der Waals surface area contributed by atoms with Crippen molar-refractivity contribution in [3.63, 3.8) is 0 Å². The van der Waals surface area contributed by atoms with Crippen LogP contribution >= 0.6 is 15.9 Å². The molecular formula is C11H8BrF2N3O. The van der Waals surface area contributed by atoms with Crippen molar-refractivity contribution in [2.24, 2.45) is 0 Å². The van der Waals surface area contributed by atoms with Gasteiger partial charge in [-0.05, 0) is 28.1 Å². The molecule has 2 rings (SSSR count). The topological polar surface area (TPSA) is 47.0 Å². The zero-order chi connectivity index (χ0) is 13.1. The molecule has 0 radical (unpaired) electrons. The van der Waals surface area contributed by atoms with Crippen molar-refractivity contribution in [2.45, 2.75) is 0 Å². The molecule has 94 valence electrons. The molecule has 0 spiro atoms. The van der Waals surface area contributed by atoms with Crippen LogP contribution < -0.4 is 10.1 Å². The molecule has 0 fully saturated rings. The second kappa shape index (κ2) is 5.26. The lowest BCUT2D eigenvalue weighted by Crippen LogP contribution is -1.98. The van der Waals surface area contributed by atoms with Crippen LogP contribution in [-0.4, -0.2) is 17.0 Å². The largest absolute Gasteiger partial charge is 0.438 e. The summed E-state index contributed by atoms with van der Waals surface area (Å²) in [7, 11) is 1.66. The molecular weight excluding hydrogens is 308 g/mol. The Kier molecular flexibility index (Phi) is 3.71. The lowest BCUT2D eigenvalue weighted by Gasteiger charge is -2.08. The van der Waals surface area contributed by atoms with E-state index in [9.17, 15) is 8.78 Å². The van der Waals surface area contributed by atoms with E-state index in [2.05, 4.69) is 31.2 Å². The minimum atomic E-state index is -0.980. The summed E-state index contributed by atoms with van der Waals surface area (Å²) in [5.74, 6) is -1.20. The first kappa shape index (κ1) is 12.7. The van der Waals surface area contributed by atoms with E-state index in [1.165, 1.54) is 12.3 Å². The highest BCUT2D eigenvalue weighted by molar-refractivity contribution is 9.10. The Balaban J connectivity index is 2.30. The zero-order valence-electron chi connectivity index (χ0n) is 9.25. The maximum Gasteiger partial charge on any atom is 0.238 e. The van der Waals surface area contributed by atoms with Gasteiger partial charge in [-0.3, -0.25) is 0 Å². The summed E-state index contributed by atoms with van der Waals surface area (Å²) in [6, 6.07) is 3.24. The second-order valence-electron chi connectivity index (χ2n) is 3.27. The first-order valence-corrected chi connectivity index (χ1v) is 5.72.